The van der Waals surface area contributed by atoms with Gasteiger partial charge in [-0.1, -0.05) is 79.0 Å². The molecule has 0 spiro atoms. The van der Waals surface area contributed by atoms with Crippen LogP contribution in [0.2, 0.25) is 0 Å². The van der Waals surface area contributed by atoms with Gasteiger partial charge in [-0.15, -0.1) is 0 Å². The minimum absolute atomic E-state index is 0.0583. The first-order valence-electron chi connectivity index (χ1n) is 26.7. The number of hydrogen-bond donors (Lipinski definition) is 1. The van der Waals surface area contributed by atoms with Gasteiger partial charge in [0, 0.05) is 39.4 Å². The van der Waals surface area contributed by atoms with Gasteiger partial charge in [-0.3, -0.25) is 33.7 Å². The van der Waals surface area contributed by atoms with Crippen molar-refractivity contribution in [1.82, 2.24) is 4.90 Å². The topological polar surface area (TPSA) is 206 Å². The van der Waals surface area contributed by atoms with Crippen LogP contribution in [0.4, 0.5) is 4.79 Å². The third kappa shape index (κ3) is 13.4. The Balaban J connectivity index is 0.000000174. The standard InChI is InChI=1S/C30H32BrNO7.C19H14Br2O3.C12H20O4/c1-16-5-10-24(32(16)29(36)39-30(2,3)4)28(35)38-15-25(33)18-6-8-20-19(11-18)14-37-26-13-21-17(12-22(20)26)7-9-23(31)27(21)34;20-8-17(22)11-1-3-13-12(5-11)9-24-18-7-14-10(6-15(13)18)2-4-16(21)19(14)23;1-7-5-6-8(10(13)14)9(7)11(15)16-12(2,3)4/h6,8,11-13,16,23-24H,5,7,9-10,14-15H2,1-4H3;1,3,5-7,16H,2,4,8-9H2;7-9H,5-6H2,1-4H3,(H,13,14)/t16-,23?,24-;;7-,8+,9?/m0.0/s1. The van der Waals surface area contributed by atoms with Gasteiger partial charge >= 0.3 is 24.0 Å². The Hall–Kier alpha value is -5.72. The summed E-state index contributed by atoms with van der Waals surface area (Å²) >= 11 is 10.1. The molecule has 3 aliphatic heterocycles. The average Bonchev–Trinajstić information content (AvgIpc) is 4.07. The van der Waals surface area contributed by atoms with Gasteiger partial charge < -0.3 is 28.8 Å². The lowest BCUT2D eigenvalue weighted by Crippen LogP contribution is -2.47. The number of fused-ring (bicyclic) bond motifs is 8. The number of benzene rings is 4. The molecule has 0 aromatic heterocycles. The first-order chi connectivity index (χ1) is 37.2. The van der Waals surface area contributed by atoms with Gasteiger partial charge in [-0.25, -0.2) is 9.59 Å². The quantitative estimate of drug-likeness (QED) is 0.0754. The molecule has 3 unspecified atom stereocenters. The fourth-order valence-corrected chi connectivity index (χ4v) is 12.3. The number of rotatable bonds is 8. The molecule has 2 fully saturated rings. The monoisotopic (exact) mass is 1270 g/mol. The number of nitrogens with zero attached hydrogens (tertiary/aromatic N) is 1. The molecule has 3 heterocycles. The fourth-order valence-electron chi connectivity index (χ4n) is 11.0. The third-order valence-corrected chi connectivity index (χ3v) is 17.3. The van der Waals surface area contributed by atoms with E-state index in [0.29, 0.717) is 53.6 Å². The van der Waals surface area contributed by atoms with Gasteiger partial charge in [-0.2, -0.15) is 0 Å². The van der Waals surface area contributed by atoms with E-state index in [1.54, 1.807) is 53.7 Å². The van der Waals surface area contributed by atoms with E-state index in [9.17, 15) is 38.4 Å². The SMILES string of the molecule is C[C@H]1CC[C@@H](C(=O)O)C1C(=O)OC(C)(C)C.C[C@H]1CC[C@@H](C(=O)OCC(=O)c2ccc3c(c2)COc2cc4c(cc2-3)CCC(Br)C4=O)N1C(=O)OC(C)(C)C.O=C(CBr)c1ccc2c(c1)COc1cc3c(cc1-2)CCC(Br)C3=O. The number of hydrogen-bond acceptors (Lipinski definition) is 13. The summed E-state index contributed by atoms with van der Waals surface area (Å²) in [5.41, 5.74) is 9.19. The summed E-state index contributed by atoms with van der Waals surface area (Å²) < 4.78 is 28.0. The van der Waals surface area contributed by atoms with Crippen LogP contribution >= 0.6 is 47.8 Å². The van der Waals surface area contributed by atoms with Gasteiger partial charge in [0.15, 0.2) is 29.7 Å². The number of Topliss-reactive ketones (excluding diaryl/α,β-unsaturated/α-hetero) is 4. The molecule has 0 radical (unpaired) electrons. The first kappa shape index (κ1) is 59.4. The van der Waals surface area contributed by atoms with Crippen LogP contribution in [0, 0.1) is 17.8 Å². The maximum absolute atomic E-state index is 13.0. The molecule has 10 rings (SSSR count). The highest BCUT2D eigenvalue weighted by Gasteiger charge is 2.45. The Morgan fingerprint density at radius 2 is 1.11 bits per heavy atom. The number of halogens is 3. The normalized spacial score (nSPS) is 22.4. The zero-order valence-electron chi connectivity index (χ0n) is 45.6. The minimum Gasteiger partial charge on any atom is -0.488 e. The summed E-state index contributed by atoms with van der Waals surface area (Å²) in [7, 11) is 0. The second-order valence-corrected chi connectivity index (χ2v) is 25.8. The van der Waals surface area contributed by atoms with Crippen molar-refractivity contribution in [2.45, 2.75) is 153 Å². The van der Waals surface area contributed by atoms with Gasteiger partial charge in [0.2, 0.25) is 0 Å². The zero-order valence-corrected chi connectivity index (χ0v) is 50.4. The van der Waals surface area contributed by atoms with Crippen molar-refractivity contribution in [3.05, 3.63) is 105 Å². The summed E-state index contributed by atoms with van der Waals surface area (Å²) in [5, 5.41) is 9.35. The molecule has 79 heavy (non-hydrogen) atoms. The van der Waals surface area contributed by atoms with Crippen LogP contribution in [0.3, 0.4) is 0 Å². The summed E-state index contributed by atoms with van der Waals surface area (Å²) in [6, 6.07) is 17.9. The molecule has 0 bridgehead atoms. The minimum atomic E-state index is -0.889. The molecule has 420 valence electrons. The van der Waals surface area contributed by atoms with Crippen LogP contribution in [0.1, 0.15) is 158 Å². The number of alkyl halides is 3. The first-order valence-corrected chi connectivity index (χ1v) is 29.7. The lowest BCUT2D eigenvalue weighted by molar-refractivity contribution is -0.166. The van der Waals surface area contributed by atoms with E-state index in [1.807, 2.05) is 56.3 Å². The fraction of sp³-hybridized carbons (Fsp3) is 0.475. The summed E-state index contributed by atoms with van der Waals surface area (Å²) in [4.78, 5) is 99.4. The van der Waals surface area contributed by atoms with Gasteiger partial charge in [-0.05, 0) is 176 Å². The Labute approximate surface area is 485 Å². The molecule has 15 nitrogen and oxygen atoms in total. The van der Waals surface area contributed by atoms with Gasteiger partial charge in [0.1, 0.15) is 42.0 Å². The van der Waals surface area contributed by atoms with Gasteiger partial charge in [0.05, 0.1) is 26.8 Å². The van der Waals surface area contributed by atoms with Crippen molar-refractivity contribution in [3.63, 3.8) is 0 Å². The van der Waals surface area contributed by atoms with Crippen molar-refractivity contribution in [3.8, 4) is 33.8 Å². The number of carbonyl (C=O) groups is 8. The molecule has 1 saturated carbocycles. The average molecular weight is 1280 g/mol. The van der Waals surface area contributed by atoms with E-state index in [2.05, 4.69) is 53.9 Å². The second kappa shape index (κ2) is 24.2. The number of ether oxygens (including phenoxy) is 5. The number of carboxylic acid groups (broad SMARTS) is 1. The van der Waals surface area contributed by atoms with E-state index < -0.39 is 53.7 Å². The van der Waals surface area contributed by atoms with Crippen LogP contribution in [-0.4, -0.2) is 102 Å². The molecular formula is C61H66Br3NO14. The Morgan fingerprint density at radius 1 is 0.608 bits per heavy atom. The second-order valence-electron chi connectivity index (χ2n) is 23.0. The van der Waals surface area contributed by atoms with Crippen LogP contribution in [0.15, 0.2) is 60.7 Å². The number of ketones is 4. The summed E-state index contributed by atoms with van der Waals surface area (Å²) in [6.45, 7) is 14.7. The lowest BCUT2D eigenvalue weighted by atomic mass is 9.85. The highest BCUT2D eigenvalue weighted by Crippen LogP contribution is 2.44. The molecule has 1 saturated heterocycles. The smallest absolute Gasteiger partial charge is 0.411 e. The predicted octanol–water partition coefficient (Wildman–Crippen LogP) is 12.4. The van der Waals surface area contributed by atoms with Crippen LogP contribution in [0.5, 0.6) is 11.5 Å². The Morgan fingerprint density at radius 3 is 1.59 bits per heavy atom. The number of esters is 2. The summed E-state index contributed by atoms with van der Waals surface area (Å²) in [6.07, 6.45) is 5.13. The molecule has 18 heteroatoms. The predicted molar refractivity (Wildman–Crippen MR) is 306 cm³/mol. The largest absolute Gasteiger partial charge is 0.488 e. The molecule has 4 aromatic carbocycles. The van der Waals surface area contributed by atoms with E-state index in [-0.39, 0.29) is 57.3 Å². The molecule has 6 aliphatic rings. The molecule has 7 atom stereocenters. The van der Waals surface area contributed by atoms with Gasteiger partial charge in [0.25, 0.3) is 0 Å². The van der Waals surface area contributed by atoms with E-state index in [1.165, 1.54) is 4.90 Å². The number of likely N-dealkylation sites (tertiary alicyclic amines) is 1. The molecule has 4 aromatic rings. The summed E-state index contributed by atoms with van der Waals surface area (Å²) in [5.74, 6) is -1.52. The highest BCUT2D eigenvalue weighted by molar-refractivity contribution is 9.10. The zero-order chi connectivity index (χ0) is 57.4. The van der Waals surface area contributed by atoms with E-state index in [0.717, 1.165) is 87.9 Å². The van der Waals surface area contributed by atoms with Crippen molar-refractivity contribution in [2.75, 3.05) is 11.9 Å². The van der Waals surface area contributed by atoms with Crippen LogP contribution < -0.4 is 9.47 Å². The van der Waals surface area contributed by atoms with E-state index >= 15 is 0 Å². The third-order valence-electron chi connectivity index (χ3n) is 15.0. The molecule has 1 amide bonds. The van der Waals surface area contributed by atoms with E-state index in [4.69, 9.17) is 28.8 Å². The van der Waals surface area contributed by atoms with Crippen molar-refractivity contribution in [1.29, 1.82) is 0 Å². The molecule has 1 N–H and O–H groups in total. The number of aryl methyl sites for hydroxylation is 2. The van der Waals surface area contributed by atoms with Crippen LogP contribution in [0.25, 0.3) is 22.3 Å². The van der Waals surface area contributed by atoms with Crippen molar-refractivity contribution in [2.24, 2.45) is 17.8 Å². The Kier molecular flexibility index (Phi) is 18.2. The number of carboxylic acids is 1. The number of amides is 1. The van der Waals surface area contributed by atoms with Crippen molar-refractivity contribution >= 4 is 94.9 Å². The lowest BCUT2D eigenvalue weighted by Gasteiger charge is -2.30. The number of carbonyl (C=O) groups excluding carboxylic acids is 7. The maximum Gasteiger partial charge on any atom is 0.411 e. The molecule has 3 aliphatic carbocycles. The van der Waals surface area contributed by atoms with Crippen molar-refractivity contribution < 1.29 is 67.1 Å². The highest BCUT2D eigenvalue weighted by atomic mass is 79.9. The maximum atomic E-state index is 13.0. The molecular weight excluding hydrogens is 1210 g/mol. The number of aliphatic carboxylic acids is 1. The van der Waals surface area contributed by atoms with Crippen LogP contribution in [-0.2, 0) is 54.6 Å². The Bertz CT molecular complexity index is 3120.